The van der Waals surface area contributed by atoms with Gasteiger partial charge in [-0.05, 0) is 48.6 Å². The Kier molecular flexibility index (Phi) is 5.04. The lowest BCUT2D eigenvalue weighted by atomic mass is 9.59. The Bertz CT molecular complexity index is 1440. The van der Waals surface area contributed by atoms with Gasteiger partial charge in [-0.25, -0.2) is 0 Å². The highest BCUT2D eigenvalue weighted by atomic mass is 16.3. The molecule has 8 nitrogen and oxygen atoms in total. The summed E-state index contributed by atoms with van der Waals surface area (Å²) >= 11 is 0. The third kappa shape index (κ3) is 3.24. The van der Waals surface area contributed by atoms with Crippen LogP contribution in [0.2, 0.25) is 0 Å². The molecule has 0 unspecified atom stereocenters. The number of aliphatic hydroxyl groups is 3. The molecule has 6 N–H and O–H groups in total. The summed E-state index contributed by atoms with van der Waals surface area (Å²) in [7, 11) is 0. The van der Waals surface area contributed by atoms with Gasteiger partial charge < -0.3 is 26.2 Å². The fraction of sp³-hybridized carbons (Fsp3) is 0.222. The van der Waals surface area contributed by atoms with Crippen molar-refractivity contribution in [1.82, 2.24) is 0 Å². The van der Waals surface area contributed by atoms with Gasteiger partial charge in [0, 0.05) is 29.0 Å². The van der Waals surface area contributed by atoms with E-state index in [0.29, 0.717) is 11.1 Å². The number of phenols is 1. The lowest BCUT2D eigenvalue weighted by molar-refractivity contribution is -0.147. The molecule has 176 valence electrons. The molecule has 0 bridgehead atoms. The SMILES string of the molecule is NC(=O)C1=C(O)[C@@]2(O)C(=O)C3=C(O)c4c(O)ccc(C#Cc5ccccc5)c4C[C@H]3C[C@H]2CC1=O. The van der Waals surface area contributed by atoms with Crippen molar-refractivity contribution in [3.63, 3.8) is 0 Å². The van der Waals surface area contributed by atoms with Gasteiger partial charge in [-0.3, -0.25) is 14.4 Å². The summed E-state index contributed by atoms with van der Waals surface area (Å²) < 4.78 is 0. The van der Waals surface area contributed by atoms with E-state index in [-0.39, 0.29) is 36.1 Å². The highest BCUT2D eigenvalue weighted by Gasteiger charge is 2.60. The third-order valence-corrected chi connectivity index (χ3v) is 7.06. The van der Waals surface area contributed by atoms with E-state index in [2.05, 4.69) is 11.8 Å². The molecule has 1 saturated carbocycles. The second-order valence-electron chi connectivity index (χ2n) is 9.01. The summed E-state index contributed by atoms with van der Waals surface area (Å²) in [6, 6.07) is 12.2. The smallest absolute Gasteiger partial charge is 0.255 e. The summed E-state index contributed by atoms with van der Waals surface area (Å²) in [5, 5.41) is 43.5. The minimum atomic E-state index is -2.57. The molecule has 0 saturated heterocycles. The van der Waals surface area contributed by atoms with Crippen molar-refractivity contribution < 1.29 is 34.8 Å². The molecule has 5 rings (SSSR count). The number of hydrogen-bond acceptors (Lipinski definition) is 7. The third-order valence-electron chi connectivity index (χ3n) is 7.06. The van der Waals surface area contributed by atoms with E-state index < -0.39 is 52.0 Å². The second kappa shape index (κ2) is 7.86. The first kappa shape index (κ1) is 22.4. The summed E-state index contributed by atoms with van der Waals surface area (Å²) in [4.78, 5) is 37.6. The molecule has 35 heavy (non-hydrogen) atoms. The van der Waals surface area contributed by atoms with Crippen LogP contribution < -0.4 is 5.73 Å². The number of Topliss-reactive ketones (excluding diaryl/α,β-unsaturated/α-hetero) is 2. The Morgan fingerprint density at radius 1 is 1.00 bits per heavy atom. The summed E-state index contributed by atoms with van der Waals surface area (Å²) in [6.45, 7) is 0. The van der Waals surface area contributed by atoms with E-state index in [1.807, 2.05) is 30.3 Å². The topological polar surface area (TPSA) is 158 Å². The molecule has 8 heteroatoms. The maximum absolute atomic E-state index is 13.5. The number of amides is 1. The number of primary amides is 1. The van der Waals surface area contributed by atoms with Crippen LogP contribution in [0.4, 0.5) is 0 Å². The zero-order chi connectivity index (χ0) is 25.1. The van der Waals surface area contributed by atoms with Crippen LogP contribution in [0.25, 0.3) is 5.76 Å². The van der Waals surface area contributed by atoms with Gasteiger partial charge in [0.15, 0.2) is 11.4 Å². The number of phenolic OH excluding ortho intramolecular Hbond substituents is 1. The van der Waals surface area contributed by atoms with Crippen molar-refractivity contribution in [2.24, 2.45) is 17.6 Å². The number of fused-ring (bicyclic) bond motifs is 3. The number of hydrogen-bond donors (Lipinski definition) is 5. The lowest BCUT2D eigenvalue weighted by Gasteiger charge is -2.46. The monoisotopic (exact) mass is 471 g/mol. The molecule has 3 atom stereocenters. The average Bonchev–Trinajstić information content (AvgIpc) is 2.81. The van der Waals surface area contributed by atoms with Crippen molar-refractivity contribution in [3.8, 4) is 17.6 Å². The van der Waals surface area contributed by atoms with Gasteiger partial charge >= 0.3 is 0 Å². The second-order valence-corrected chi connectivity index (χ2v) is 9.01. The van der Waals surface area contributed by atoms with Crippen LogP contribution in [0.5, 0.6) is 5.75 Å². The number of aromatic hydroxyl groups is 1. The van der Waals surface area contributed by atoms with Gasteiger partial charge in [0.1, 0.15) is 22.8 Å². The van der Waals surface area contributed by atoms with Gasteiger partial charge in [0.2, 0.25) is 5.78 Å². The van der Waals surface area contributed by atoms with Crippen molar-refractivity contribution in [3.05, 3.63) is 81.6 Å². The Morgan fingerprint density at radius 3 is 2.40 bits per heavy atom. The number of benzene rings is 2. The number of carbonyl (C=O) groups excluding carboxylic acids is 3. The maximum Gasteiger partial charge on any atom is 0.255 e. The number of rotatable bonds is 1. The highest BCUT2D eigenvalue weighted by Crippen LogP contribution is 2.52. The van der Waals surface area contributed by atoms with Crippen LogP contribution in [-0.2, 0) is 20.8 Å². The number of aliphatic hydroxyl groups excluding tert-OH is 2. The molecule has 0 aliphatic heterocycles. The fourth-order valence-corrected chi connectivity index (χ4v) is 5.40. The van der Waals surface area contributed by atoms with E-state index in [4.69, 9.17) is 5.73 Å². The molecular formula is C27H21NO7. The summed E-state index contributed by atoms with van der Waals surface area (Å²) in [5.74, 6) is -0.427. The minimum Gasteiger partial charge on any atom is -0.508 e. The van der Waals surface area contributed by atoms with Crippen LogP contribution in [0.3, 0.4) is 0 Å². The maximum atomic E-state index is 13.5. The zero-order valence-corrected chi connectivity index (χ0v) is 18.4. The van der Waals surface area contributed by atoms with E-state index in [1.165, 1.54) is 6.07 Å². The van der Waals surface area contributed by atoms with Crippen LogP contribution in [0, 0.1) is 23.7 Å². The fourth-order valence-electron chi connectivity index (χ4n) is 5.40. The quantitative estimate of drug-likeness (QED) is 0.313. The molecule has 0 radical (unpaired) electrons. The van der Waals surface area contributed by atoms with Gasteiger partial charge in [0.05, 0.1) is 5.56 Å². The van der Waals surface area contributed by atoms with E-state index in [0.717, 1.165) is 5.56 Å². The molecule has 3 aliphatic rings. The van der Waals surface area contributed by atoms with Crippen molar-refractivity contribution >= 4 is 23.2 Å². The van der Waals surface area contributed by atoms with Crippen LogP contribution in [0.15, 0.2) is 59.4 Å². The predicted molar refractivity (Wildman–Crippen MR) is 124 cm³/mol. The standard InChI is InChI=1S/C27H21NO7/c28-26(34)22-19(30)12-16-10-15-11-17-14(7-6-13-4-2-1-3-5-13)8-9-18(29)21(17)23(31)20(15)24(32)27(16,35)25(22)33/h1-5,8-9,15-16,29,31,33,35H,10-12H2,(H2,28,34)/t15-,16+,27+/m1/s1. The number of nitrogens with two attached hydrogens (primary N) is 1. The molecule has 1 amide bonds. The van der Waals surface area contributed by atoms with Crippen molar-refractivity contribution in [2.75, 3.05) is 0 Å². The zero-order valence-electron chi connectivity index (χ0n) is 18.4. The van der Waals surface area contributed by atoms with Crippen molar-refractivity contribution in [1.29, 1.82) is 0 Å². The van der Waals surface area contributed by atoms with Crippen LogP contribution >= 0.6 is 0 Å². The summed E-state index contributed by atoms with van der Waals surface area (Å²) in [5.41, 5.74) is 3.53. The molecule has 1 fully saturated rings. The highest BCUT2D eigenvalue weighted by molar-refractivity contribution is 6.22. The number of ketones is 2. The average molecular weight is 471 g/mol. The lowest BCUT2D eigenvalue weighted by Crippen LogP contribution is -2.58. The molecule has 0 aromatic heterocycles. The van der Waals surface area contributed by atoms with Gasteiger partial charge in [-0.1, -0.05) is 30.0 Å². The van der Waals surface area contributed by atoms with E-state index >= 15 is 0 Å². The van der Waals surface area contributed by atoms with Crippen LogP contribution in [0.1, 0.15) is 35.1 Å². The molecule has 3 aliphatic carbocycles. The molecule has 2 aromatic rings. The molecule has 2 aromatic carbocycles. The van der Waals surface area contributed by atoms with Gasteiger partial charge in [-0.15, -0.1) is 0 Å². The molecule has 0 heterocycles. The Labute approximate surface area is 200 Å². The number of carbonyl (C=O) groups is 3. The first-order valence-corrected chi connectivity index (χ1v) is 11.0. The molecule has 0 spiro atoms. The summed E-state index contributed by atoms with van der Waals surface area (Å²) in [6.07, 6.45) is -0.0750. The van der Waals surface area contributed by atoms with Gasteiger partial charge in [-0.2, -0.15) is 0 Å². The minimum absolute atomic E-state index is 0.0250. The predicted octanol–water partition coefficient (Wildman–Crippen LogP) is 1.82. The largest absolute Gasteiger partial charge is 0.508 e. The Balaban J connectivity index is 1.66. The Morgan fingerprint density at radius 2 is 1.71 bits per heavy atom. The van der Waals surface area contributed by atoms with Gasteiger partial charge in [0.25, 0.3) is 5.91 Å². The van der Waals surface area contributed by atoms with E-state index in [9.17, 15) is 34.8 Å². The van der Waals surface area contributed by atoms with E-state index in [1.54, 1.807) is 6.07 Å². The van der Waals surface area contributed by atoms with Crippen LogP contribution in [-0.4, -0.2) is 43.5 Å². The first-order valence-electron chi connectivity index (χ1n) is 11.0. The Hall–Kier alpha value is -4.35. The van der Waals surface area contributed by atoms with Crippen molar-refractivity contribution in [2.45, 2.75) is 24.9 Å². The first-order chi connectivity index (χ1) is 16.6. The molecular weight excluding hydrogens is 450 g/mol. The normalized spacial score (nSPS) is 25.3.